The fourth-order valence-corrected chi connectivity index (χ4v) is 6.26. The average Bonchev–Trinajstić information content (AvgIpc) is 3.31. The van der Waals surface area contributed by atoms with Gasteiger partial charge < -0.3 is 19.4 Å². The number of amides is 2. The van der Waals surface area contributed by atoms with Gasteiger partial charge in [0.1, 0.15) is 6.17 Å². The molecule has 29 heavy (non-hydrogen) atoms. The molecule has 2 amide bonds. The first-order chi connectivity index (χ1) is 13.9. The lowest BCUT2D eigenvalue weighted by molar-refractivity contribution is -0.133. The maximum atomic E-state index is 14.0. The molecule has 0 aromatic carbocycles. The molecule has 0 N–H and O–H groups in total. The van der Waals surface area contributed by atoms with Crippen molar-refractivity contribution >= 4 is 12.0 Å². The van der Waals surface area contributed by atoms with E-state index in [4.69, 9.17) is 4.74 Å². The molecule has 3 heterocycles. The van der Waals surface area contributed by atoms with E-state index >= 15 is 0 Å². The Balaban J connectivity index is 1.24. The van der Waals surface area contributed by atoms with Crippen molar-refractivity contribution in [1.29, 1.82) is 0 Å². The van der Waals surface area contributed by atoms with Gasteiger partial charge in [-0.15, -0.1) is 0 Å². The minimum Gasteiger partial charge on any atom is -0.450 e. The van der Waals surface area contributed by atoms with Crippen molar-refractivity contribution in [2.75, 3.05) is 39.3 Å². The van der Waals surface area contributed by atoms with Gasteiger partial charge in [0, 0.05) is 38.0 Å². The summed E-state index contributed by atoms with van der Waals surface area (Å²) in [5.41, 5.74) is 0.297. The summed E-state index contributed by atoms with van der Waals surface area (Å²) in [6.07, 6.45) is 5.52. The molecule has 0 aromatic rings. The van der Waals surface area contributed by atoms with Gasteiger partial charge in [-0.1, -0.05) is 6.92 Å². The number of hydrogen-bond acceptors (Lipinski definition) is 4. The van der Waals surface area contributed by atoms with Crippen LogP contribution in [0.3, 0.4) is 0 Å². The van der Waals surface area contributed by atoms with E-state index in [-0.39, 0.29) is 18.0 Å². The number of carbonyl (C=O) groups is 2. The molecule has 0 bridgehead atoms. The largest absolute Gasteiger partial charge is 0.450 e. The zero-order chi connectivity index (χ0) is 20.6. The van der Waals surface area contributed by atoms with Crippen LogP contribution in [0.4, 0.5) is 9.18 Å². The predicted molar refractivity (Wildman–Crippen MR) is 108 cm³/mol. The standard InChI is InChI=1S/C22H36FN3O3/c1-3-20(27)26-14-17(23)11-19(26)16-5-8-24(9-6-16)18-12-22(13-18)7-10-25(15-22)21(28)29-4-2/h16-19H,3-15H2,1-2H3/t17?,18?,19-,22?/m0/s1. The molecule has 2 atom stereocenters. The van der Waals surface area contributed by atoms with Crippen LogP contribution < -0.4 is 0 Å². The Hall–Kier alpha value is -1.37. The highest BCUT2D eigenvalue weighted by Crippen LogP contribution is 2.51. The van der Waals surface area contributed by atoms with E-state index in [1.807, 2.05) is 23.6 Å². The fourth-order valence-electron chi connectivity index (χ4n) is 6.26. The molecule has 0 aromatic heterocycles. The molecule has 3 saturated heterocycles. The molecule has 6 nitrogen and oxygen atoms in total. The van der Waals surface area contributed by atoms with Gasteiger partial charge in [-0.2, -0.15) is 0 Å². The minimum atomic E-state index is -0.857. The van der Waals surface area contributed by atoms with Gasteiger partial charge in [0.2, 0.25) is 5.91 Å². The lowest BCUT2D eigenvalue weighted by Crippen LogP contribution is -2.55. The van der Waals surface area contributed by atoms with Crippen LogP contribution in [0.25, 0.3) is 0 Å². The van der Waals surface area contributed by atoms with Crippen LogP contribution in [-0.2, 0) is 9.53 Å². The van der Waals surface area contributed by atoms with E-state index in [0.717, 1.165) is 45.4 Å². The molecule has 7 heteroatoms. The van der Waals surface area contributed by atoms with Crippen molar-refractivity contribution in [3.05, 3.63) is 0 Å². The van der Waals surface area contributed by atoms with Crippen molar-refractivity contribution in [2.45, 2.75) is 77.0 Å². The Morgan fingerprint density at radius 1 is 1.14 bits per heavy atom. The quantitative estimate of drug-likeness (QED) is 0.716. The molecule has 4 rings (SSSR count). The number of halogens is 1. The molecule has 1 saturated carbocycles. The highest BCUT2D eigenvalue weighted by Gasteiger charge is 2.52. The second-order valence-corrected chi connectivity index (χ2v) is 9.61. The van der Waals surface area contributed by atoms with Crippen LogP contribution in [0, 0.1) is 11.3 Å². The number of alkyl halides is 1. The number of nitrogens with zero attached hydrogens (tertiary/aromatic N) is 3. The van der Waals surface area contributed by atoms with Gasteiger partial charge in [0.25, 0.3) is 0 Å². The normalized spacial score (nSPS) is 35.9. The maximum Gasteiger partial charge on any atom is 0.409 e. The van der Waals surface area contributed by atoms with E-state index in [0.29, 0.717) is 43.4 Å². The van der Waals surface area contributed by atoms with E-state index < -0.39 is 6.17 Å². The van der Waals surface area contributed by atoms with Crippen molar-refractivity contribution in [3.63, 3.8) is 0 Å². The third-order valence-electron chi connectivity index (χ3n) is 7.85. The third kappa shape index (κ3) is 4.12. The number of rotatable bonds is 4. The van der Waals surface area contributed by atoms with Crippen molar-refractivity contribution in [1.82, 2.24) is 14.7 Å². The summed E-state index contributed by atoms with van der Waals surface area (Å²) in [5.74, 6) is 0.535. The molecular weight excluding hydrogens is 373 g/mol. The van der Waals surface area contributed by atoms with E-state index in [2.05, 4.69) is 4.90 Å². The summed E-state index contributed by atoms with van der Waals surface area (Å²) in [4.78, 5) is 30.5. The number of carbonyl (C=O) groups excluding carboxylic acids is 2. The Bertz CT molecular complexity index is 616. The molecule has 1 unspecified atom stereocenters. The monoisotopic (exact) mass is 409 g/mol. The highest BCUT2D eigenvalue weighted by molar-refractivity contribution is 5.76. The zero-order valence-corrected chi connectivity index (χ0v) is 17.9. The Morgan fingerprint density at radius 2 is 1.86 bits per heavy atom. The number of ether oxygens (including phenoxy) is 1. The van der Waals surface area contributed by atoms with Gasteiger partial charge in [0.15, 0.2) is 0 Å². The van der Waals surface area contributed by atoms with Gasteiger partial charge in [-0.25, -0.2) is 9.18 Å². The summed E-state index contributed by atoms with van der Waals surface area (Å²) < 4.78 is 19.2. The van der Waals surface area contributed by atoms with Crippen LogP contribution in [0.2, 0.25) is 0 Å². The van der Waals surface area contributed by atoms with Crippen molar-refractivity contribution < 1.29 is 18.7 Å². The van der Waals surface area contributed by atoms with Crippen LogP contribution in [0.1, 0.15) is 58.8 Å². The smallest absolute Gasteiger partial charge is 0.409 e. The first-order valence-corrected chi connectivity index (χ1v) is 11.5. The molecule has 4 aliphatic rings. The SMILES string of the molecule is CCOC(=O)N1CCC2(CC(N3CCC([C@@H]4CC(F)CN4C(=O)CC)CC3)C2)C1. The van der Waals surface area contributed by atoms with Gasteiger partial charge in [0.05, 0.1) is 13.2 Å². The van der Waals surface area contributed by atoms with E-state index in [1.165, 1.54) is 12.8 Å². The second-order valence-electron chi connectivity index (χ2n) is 9.61. The lowest BCUT2D eigenvalue weighted by atomic mass is 9.64. The third-order valence-corrected chi connectivity index (χ3v) is 7.85. The Morgan fingerprint density at radius 3 is 2.52 bits per heavy atom. The summed E-state index contributed by atoms with van der Waals surface area (Å²) in [6.45, 7) is 8.21. The van der Waals surface area contributed by atoms with Gasteiger partial charge in [-0.05, 0) is 63.5 Å². The first kappa shape index (κ1) is 20.9. The molecule has 3 aliphatic heterocycles. The van der Waals surface area contributed by atoms with E-state index in [1.54, 1.807) is 0 Å². The van der Waals surface area contributed by atoms with Crippen LogP contribution in [-0.4, -0.2) is 84.3 Å². The highest BCUT2D eigenvalue weighted by atomic mass is 19.1. The van der Waals surface area contributed by atoms with Crippen LogP contribution in [0.5, 0.6) is 0 Å². The second kappa shape index (κ2) is 8.40. The molecule has 164 valence electrons. The lowest BCUT2D eigenvalue weighted by Gasteiger charge is -2.52. The zero-order valence-electron chi connectivity index (χ0n) is 17.9. The Labute approximate surface area is 173 Å². The van der Waals surface area contributed by atoms with E-state index in [9.17, 15) is 14.0 Å². The number of hydrogen-bond donors (Lipinski definition) is 0. The van der Waals surface area contributed by atoms with Crippen LogP contribution >= 0.6 is 0 Å². The number of likely N-dealkylation sites (tertiary alicyclic amines) is 3. The fraction of sp³-hybridized carbons (Fsp3) is 0.909. The number of piperidine rings is 1. The molecule has 4 fully saturated rings. The Kier molecular flexibility index (Phi) is 6.05. The summed E-state index contributed by atoms with van der Waals surface area (Å²) >= 11 is 0. The predicted octanol–water partition coefficient (Wildman–Crippen LogP) is 3.06. The minimum absolute atomic E-state index is 0.0975. The van der Waals surface area contributed by atoms with Crippen LogP contribution in [0.15, 0.2) is 0 Å². The molecular formula is C22H36FN3O3. The van der Waals surface area contributed by atoms with Crippen molar-refractivity contribution in [2.24, 2.45) is 11.3 Å². The average molecular weight is 410 g/mol. The maximum absolute atomic E-state index is 14.0. The van der Waals surface area contributed by atoms with Crippen molar-refractivity contribution in [3.8, 4) is 0 Å². The topological polar surface area (TPSA) is 53.1 Å². The molecule has 0 radical (unpaired) electrons. The molecule has 1 aliphatic carbocycles. The summed E-state index contributed by atoms with van der Waals surface area (Å²) in [6, 6.07) is 0.712. The molecule has 1 spiro atoms. The first-order valence-electron chi connectivity index (χ1n) is 11.5. The summed E-state index contributed by atoms with van der Waals surface area (Å²) in [5, 5.41) is 0. The van der Waals surface area contributed by atoms with Gasteiger partial charge >= 0.3 is 6.09 Å². The summed E-state index contributed by atoms with van der Waals surface area (Å²) in [7, 11) is 0. The van der Waals surface area contributed by atoms with Gasteiger partial charge in [-0.3, -0.25) is 4.79 Å².